The summed E-state index contributed by atoms with van der Waals surface area (Å²) in [6.45, 7) is 5.82. The maximum atomic E-state index is 13.3. The van der Waals surface area contributed by atoms with Crippen molar-refractivity contribution in [1.82, 2.24) is 10.6 Å². The number of alkyl carbamates (subject to hydrolysis) is 1. The van der Waals surface area contributed by atoms with E-state index in [-0.39, 0.29) is 23.5 Å². The summed E-state index contributed by atoms with van der Waals surface area (Å²) in [6.07, 6.45) is 0.686. The molecule has 37 heavy (non-hydrogen) atoms. The Balaban J connectivity index is 1.70. The first-order valence-corrected chi connectivity index (χ1v) is 12.8. The zero-order chi connectivity index (χ0) is 26.9. The number of carbonyl (C=O) groups excluding carboxylic acids is 2. The summed E-state index contributed by atoms with van der Waals surface area (Å²) in [5.74, 6) is -1.08. The van der Waals surface area contributed by atoms with Gasteiger partial charge in [-0.3, -0.25) is 9.59 Å². The van der Waals surface area contributed by atoms with Crippen molar-refractivity contribution < 1.29 is 23.8 Å². The van der Waals surface area contributed by atoms with E-state index in [9.17, 15) is 23.9 Å². The predicted molar refractivity (Wildman–Crippen MR) is 140 cm³/mol. The van der Waals surface area contributed by atoms with Gasteiger partial charge in [0.15, 0.2) is 5.43 Å². The molecule has 3 aromatic carbocycles. The minimum atomic E-state index is -1.22. The lowest BCUT2D eigenvalue weighted by Gasteiger charge is -2.28. The molecule has 0 spiro atoms. The molecule has 0 aromatic heterocycles. The fraction of sp³-hybridized carbons (Fsp3) is 0.414. The van der Waals surface area contributed by atoms with Crippen LogP contribution >= 0.6 is 0 Å². The van der Waals surface area contributed by atoms with Gasteiger partial charge in [0, 0.05) is 11.1 Å². The predicted octanol–water partition coefficient (Wildman–Crippen LogP) is 4.78. The van der Waals surface area contributed by atoms with Gasteiger partial charge in [-0.05, 0) is 35.6 Å². The van der Waals surface area contributed by atoms with Crippen molar-refractivity contribution in [3.8, 4) is 11.1 Å². The Morgan fingerprint density at radius 1 is 1.03 bits per heavy atom. The van der Waals surface area contributed by atoms with E-state index in [1.807, 2.05) is 51.1 Å². The molecule has 0 heterocycles. The zero-order valence-corrected chi connectivity index (χ0v) is 21.5. The molecule has 2 amide bonds. The molecule has 8 heteroatoms. The number of hydrogen-bond donors (Lipinski definition) is 3. The van der Waals surface area contributed by atoms with Crippen molar-refractivity contribution in [3.05, 3.63) is 81.8 Å². The SMILES string of the molecule is CCCC[C@H](NC(=O)[C@@H](NC(=O)OCc1ccccc1)C(C)CC)C(O)c1c(-c2ccc(F)cc2)c1=O. The topological polar surface area (TPSA) is 105 Å². The van der Waals surface area contributed by atoms with Crippen LogP contribution in [0.4, 0.5) is 9.18 Å². The summed E-state index contributed by atoms with van der Waals surface area (Å²) in [7, 11) is 0. The lowest BCUT2D eigenvalue weighted by molar-refractivity contribution is -0.126. The van der Waals surface area contributed by atoms with Gasteiger partial charge < -0.3 is 20.5 Å². The van der Waals surface area contributed by atoms with Crippen LogP contribution < -0.4 is 16.1 Å². The Morgan fingerprint density at radius 3 is 2.32 bits per heavy atom. The van der Waals surface area contributed by atoms with Crippen LogP contribution in [-0.4, -0.2) is 29.2 Å². The molecule has 0 radical (unpaired) electrons. The van der Waals surface area contributed by atoms with Gasteiger partial charge >= 0.3 is 6.09 Å². The Morgan fingerprint density at radius 2 is 1.70 bits per heavy atom. The van der Waals surface area contributed by atoms with Crippen molar-refractivity contribution in [2.75, 3.05) is 0 Å². The number of halogens is 1. The van der Waals surface area contributed by atoms with E-state index in [0.29, 0.717) is 24.0 Å². The number of benzene rings is 2. The molecule has 7 nitrogen and oxygen atoms in total. The van der Waals surface area contributed by atoms with Crippen molar-refractivity contribution in [1.29, 1.82) is 0 Å². The molecule has 0 fully saturated rings. The molecule has 0 saturated carbocycles. The molecule has 198 valence electrons. The first-order chi connectivity index (χ1) is 17.8. The van der Waals surface area contributed by atoms with Gasteiger partial charge in [-0.15, -0.1) is 0 Å². The maximum absolute atomic E-state index is 13.3. The van der Waals surface area contributed by atoms with Crippen molar-refractivity contribution in [3.63, 3.8) is 0 Å². The first kappa shape index (κ1) is 28.1. The van der Waals surface area contributed by atoms with E-state index in [0.717, 1.165) is 18.4 Å². The van der Waals surface area contributed by atoms with Crippen LogP contribution in [0.25, 0.3) is 11.1 Å². The van der Waals surface area contributed by atoms with Crippen LogP contribution in [0.1, 0.15) is 63.7 Å². The molecule has 0 aliphatic carbocycles. The highest BCUT2D eigenvalue weighted by Gasteiger charge is 2.37. The van der Waals surface area contributed by atoms with Crippen LogP contribution in [0, 0.1) is 11.7 Å². The van der Waals surface area contributed by atoms with Crippen LogP contribution in [-0.2, 0) is 16.1 Å². The molecule has 4 atom stereocenters. The third-order valence-electron chi connectivity index (χ3n) is 6.67. The minimum Gasteiger partial charge on any atom is -0.445 e. The van der Waals surface area contributed by atoms with Crippen molar-refractivity contribution >= 4 is 12.0 Å². The van der Waals surface area contributed by atoms with Crippen LogP contribution in [0.5, 0.6) is 0 Å². The van der Waals surface area contributed by atoms with E-state index < -0.39 is 36.0 Å². The van der Waals surface area contributed by atoms with E-state index in [1.54, 1.807) is 0 Å². The molecular weight excluding hydrogens is 475 g/mol. The van der Waals surface area contributed by atoms with Gasteiger partial charge in [-0.1, -0.05) is 82.5 Å². The average molecular weight is 511 g/mol. The highest BCUT2D eigenvalue weighted by atomic mass is 19.1. The fourth-order valence-corrected chi connectivity index (χ4v) is 4.17. The van der Waals surface area contributed by atoms with Gasteiger partial charge in [0.1, 0.15) is 24.6 Å². The highest BCUT2D eigenvalue weighted by molar-refractivity contribution is 5.86. The second-order valence-corrected chi connectivity index (χ2v) is 9.40. The smallest absolute Gasteiger partial charge is 0.408 e. The lowest BCUT2D eigenvalue weighted by atomic mass is 9.96. The van der Waals surface area contributed by atoms with Gasteiger partial charge in [-0.2, -0.15) is 0 Å². The van der Waals surface area contributed by atoms with E-state index in [1.165, 1.54) is 24.3 Å². The van der Waals surface area contributed by atoms with E-state index in [2.05, 4.69) is 10.6 Å². The number of hydrogen-bond acceptors (Lipinski definition) is 5. The summed E-state index contributed by atoms with van der Waals surface area (Å²) in [6, 6.07) is 13.1. The van der Waals surface area contributed by atoms with Gasteiger partial charge in [-0.25, -0.2) is 9.18 Å². The van der Waals surface area contributed by atoms with Crippen molar-refractivity contribution in [2.45, 2.75) is 71.2 Å². The van der Waals surface area contributed by atoms with Crippen LogP contribution in [0.15, 0.2) is 59.4 Å². The summed E-state index contributed by atoms with van der Waals surface area (Å²) in [5, 5.41) is 16.6. The number of nitrogens with one attached hydrogen (secondary N) is 2. The van der Waals surface area contributed by atoms with E-state index in [4.69, 9.17) is 4.74 Å². The Bertz CT molecular complexity index is 1170. The average Bonchev–Trinajstić information content (AvgIpc) is 3.58. The van der Waals surface area contributed by atoms with Gasteiger partial charge in [0.25, 0.3) is 0 Å². The van der Waals surface area contributed by atoms with Gasteiger partial charge in [0.2, 0.25) is 5.91 Å². The number of amides is 2. The Hall–Kier alpha value is -3.52. The number of rotatable bonds is 13. The molecule has 3 aromatic rings. The van der Waals surface area contributed by atoms with Crippen LogP contribution in [0.3, 0.4) is 0 Å². The highest BCUT2D eigenvalue weighted by Crippen LogP contribution is 2.33. The summed E-state index contributed by atoms with van der Waals surface area (Å²) >= 11 is 0. The normalized spacial score (nSPS) is 14.5. The summed E-state index contributed by atoms with van der Waals surface area (Å²) in [5.41, 5.74) is 1.63. The number of aliphatic hydroxyl groups excluding tert-OH is 1. The standard InChI is InChI=1S/C29H35FN2O5/c1-4-6-12-22(26(33)24-23(27(24)34)20-13-15-21(30)16-14-20)31-28(35)25(18(3)5-2)32-29(36)37-17-19-10-8-7-9-11-19/h7-11,13-16,18,22,25-26,33H,4-6,12,17H2,1-3H3,(H,31,35)(H,32,36)/t18?,22-,25-,26?/m0/s1. The second kappa shape index (κ2) is 13.1. The summed E-state index contributed by atoms with van der Waals surface area (Å²) < 4.78 is 18.6. The number of unbranched alkanes of at least 4 members (excludes halogenated alkanes) is 1. The monoisotopic (exact) mass is 510 g/mol. The first-order valence-electron chi connectivity index (χ1n) is 12.8. The Kier molecular flexibility index (Phi) is 9.97. The molecular formula is C29H35FN2O5. The van der Waals surface area contributed by atoms with Gasteiger partial charge in [0.05, 0.1) is 6.04 Å². The van der Waals surface area contributed by atoms with Crippen LogP contribution in [0.2, 0.25) is 0 Å². The maximum Gasteiger partial charge on any atom is 0.408 e. The quantitative estimate of drug-likeness (QED) is 0.307. The third-order valence-corrected chi connectivity index (χ3v) is 6.67. The van der Waals surface area contributed by atoms with E-state index >= 15 is 0 Å². The molecule has 3 N–H and O–H groups in total. The number of carbonyl (C=O) groups is 2. The molecule has 0 saturated heterocycles. The number of ether oxygens (including phenoxy) is 1. The molecule has 0 aliphatic heterocycles. The van der Waals surface area contributed by atoms with Crippen molar-refractivity contribution in [2.24, 2.45) is 5.92 Å². The molecule has 3 rings (SSSR count). The summed E-state index contributed by atoms with van der Waals surface area (Å²) in [4.78, 5) is 38.3. The second-order valence-electron chi connectivity index (χ2n) is 9.40. The Labute approximate surface area is 216 Å². The fourth-order valence-electron chi connectivity index (χ4n) is 4.17. The molecule has 0 aliphatic rings. The lowest BCUT2D eigenvalue weighted by Crippen LogP contribution is -2.53. The minimum absolute atomic E-state index is 0.0712. The largest absolute Gasteiger partial charge is 0.445 e. The molecule has 0 bridgehead atoms. The third kappa shape index (κ3) is 7.49. The zero-order valence-electron chi connectivity index (χ0n) is 21.5. The number of aliphatic hydroxyl groups is 1. The molecule has 2 unspecified atom stereocenters.